The maximum Gasteiger partial charge on any atom is 0.227 e. The molecule has 0 spiro atoms. The lowest BCUT2D eigenvalue weighted by Gasteiger charge is -2.47. The van der Waals surface area contributed by atoms with Crippen LogP contribution in [-0.2, 0) is 10.8 Å². The molecule has 0 bridgehead atoms. The summed E-state index contributed by atoms with van der Waals surface area (Å²) in [4.78, 5) is 23.0. The summed E-state index contributed by atoms with van der Waals surface area (Å²) in [6.45, 7) is 1.81. The van der Waals surface area contributed by atoms with Gasteiger partial charge in [-0.3, -0.25) is 4.21 Å². The first kappa shape index (κ1) is 18.0. The topological polar surface area (TPSA) is 95.3 Å². The first-order valence-electron chi connectivity index (χ1n) is 9.96. The molecular weight excluding hydrogens is 412 g/mol. The number of halogens is 1. The minimum atomic E-state index is -1.14. The molecule has 2 unspecified atom stereocenters. The van der Waals surface area contributed by atoms with E-state index in [9.17, 15) is 9.32 Å². The minimum Gasteiger partial charge on any atom is -0.394 e. The van der Waals surface area contributed by atoms with Gasteiger partial charge in [0.05, 0.1) is 34.2 Å². The van der Waals surface area contributed by atoms with E-state index in [1.165, 1.54) is 0 Å². The van der Waals surface area contributed by atoms with Crippen LogP contribution in [0.3, 0.4) is 0 Å². The molecule has 2 aliphatic carbocycles. The molecule has 2 aromatic rings. The summed E-state index contributed by atoms with van der Waals surface area (Å²) in [6, 6.07) is 0. The van der Waals surface area contributed by atoms with Gasteiger partial charge in [-0.2, -0.15) is 4.98 Å². The van der Waals surface area contributed by atoms with E-state index in [1.54, 1.807) is 18.6 Å². The number of aliphatic hydroxyl groups is 1. The zero-order chi connectivity index (χ0) is 19.8. The lowest BCUT2D eigenvalue weighted by molar-refractivity contribution is 0.119. The predicted molar refractivity (Wildman–Crippen MR) is 108 cm³/mol. The summed E-state index contributed by atoms with van der Waals surface area (Å²) < 4.78 is 12.6. The largest absolute Gasteiger partial charge is 0.394 e. The number of nitrogens with zero attached hydrogens (tertiary/aromatic N) is 6. The molecule has 3 atom stereocenters. The first-order valence-corrected chi connectivity index (χ1v) is 11.7. The fourth-order valence-corrected chi connectivity index (χ4v) is 6.53. The van der Waals surface area contributed by atoms with Crippen LogP contribution in [-0.4, -0.2) is 60.4 Å². The van der Waals surface area contributed by atoms with E-state index in [0.29, 0.717) is 39.5 Å². The fraction of sp³-hybridized carbons (Fsp3) is 0.579. The highest BCUT2D eigenvalue weighted by Crippen LogP contribution is 2.57. The molecule has 2 aliphatic heterocycles. The van der Waals surface area contributed by atoms with E-state index in [4.69, 9.17) is 16.6 Å². The van der Waals surface area contributed by atoms with Crippen molar-refractivity contribution in [3.05, 3.63) is 29.4 Å². The highest BCUT2D eigenvalue weighted by atomic mass is 35.5. The van der Waals surface area contributed by atoms with Crippen molar-refractivity contribution in [2.45, 2.75) is 35.6 Å². The Labute approximate surface area is 175 Å². The van der Waals surface area contributed by atoms with Crippen LogP contribution >= 0.6 is 11.6 Å². The van der Waals surface area contributed by atoms with Crippen molar-refractivity contribution in [1.29, 1.82) is 0 Å². The van der Waals surface area contributed by atoms with Crippen LogP contribution < -0.4 is 9.80 Å². The van der Waals surface area contributed by atoms with Crippen molar-refractivity contribution in [3.8, 4) is 0 Å². The highest BCUT2D eigenvalue weighted by Gasteiger charge is 2.58. The van der Waals surface area contributed by atoms with E-state index in [1.807, 2.05) is 0 Å². The smallest absolute Gasteiger partial charge is 0.227 e. The number of hydrogen-bond donors (Lipinski definition) is 1. The average Bonchev–Trinajstić information content (AvgIpc) is 3.04. The van der Waals surface area contributed by atoms with E-state index in [2.05, 4.69) is 24.8 Å². The van der Waals surface area contributed by atoms with Crippen LogP contribution in [0.5, 0.6) is 0 Å². The maximum absolute atomic E-state index is 12.6. The SMILES string of the molecule is O=[S@@]1CN(C2(CO)CCC2)c2nc(N3CC4C(C3)C4c3ncc(Cl)cn3)ncc21. The van der Waals surface area contributed by atoms with E-state index < -0.39 is 10.8 Å². The quantitative estimate of drug-likeness (QED) is 0.777. The van der Waals surface area contributed by atoms with Gasteiger partial charge in [0, 0.05) is 31.4 Å². The van der Waals surface area contributed by atoms with Crippen molar-refractivity contribution in [2.75, 3.05) is 35.4 Å². The molecule has 8 nitrogen and oxygen atoms in total. The third kappa shape index (κ3) is 2.63. The van der Waals surface area contributed by atoms with Crippen LogP contribution in [0.4, 0.5) is 11.8 Å². The van der Waals surface area contributed by atoms with Crippen molar-refractivity contribution in [3.63, 3.8) is 0 Å². The Morgan fingerprint density at radius 3 is 2.52 bits per heavy atom. The number of aliphatic hydroxyl groups excluding tert-OH is 1. The van der Waals surface area contributed by atoms with Gasteiger partial charge >= 0.3 is 0 Å². The molecule has 0 amide bonds. The molecule has 1 saturated heterocycles. The Morgan fingerprint density at radius 1 is 1.17 bits per heavy atom. The van der Waals surface area contributed by atoms with Gasteiger partial charge in [-0.05, 0) is 31.1 Å². The fourth-order valence-electron chi connectivity index (χ4n) is 5.13. The van der Waals surface area contributed by atoms with Gasteiger partial charge in [0.1, 0.15) is 16.6 Å². The van der Waals surface area contributed by atoms with Crippen molar-refractivity contribution < 1.29 is 9.32 Å². The van der Waals surface area contributed by atoms with Crippen LogP contribution in [0.2, 0.25) is 5.02 Å². The lowest BCUT2D eigenvalue weighted by atomic mass is 9.76. The zero-order valence-electron chi connectivity index (χ0n) is 15.7. The molecule has 4 aliphatic rings. The van der Waals surface area contributed by atoms with E-state index in [0.717, 1.165) is 44.0 Å². The molecule has 2 aromatic heterocycles. The Morgan fingerprint density at radius 2 is 1.90 bits per heavy atom. The summed E-state index contributed by atoms with van der Waals surface area (Å²) in [7, 11) is -1.14. The lowest BCUT2D eigenvalue weighted by Crippen LogP contribution is -2.56. The minimum absolute atomic E-state index is 0.0691. The monoisotopic (exact) mass is 432 g/mol. The van der Waals surface area contributed by atoms with Crippen molar-refractivity contribution in [1.82, 2.24) is 19.9 Å². The molecule has 152 valence electrons. The second-order valence-electron chi connectivity index (χ2n) is 8.51. The third-order valence-corrected chi connectivity index (χ3v) is 8.50. The maximum atomic E-state index is 12.6. The number of fused-ring (bicyclic) bond motifs is 2. The van der Waals surface area contributed by atoms with Crippen LogP contribution in [0.25, 0.3) is 0 Å². The molecule has 29 heavy (non-hydrogen) atoms. The highest BCUT2D eigenvalue weighted by molar-refractivity contribution is 7.85. The van der Waals surface area contributed by atoms with Crippen LogP contribution in [0.1, 0.15) is 31.0 Å². The van der Waals surface area contributed by atoms with Gasteiger partial charge in [-0.15, -0.1) is 0 Å². The number of rotatable bonds is 4. The van der Waals surface area contributed by atoms with Gasteiger partial charge in [-0.1, -0.05) is 11.6 Å². The Hall–Kier alpha value is -1.84. The molecule has 3 fully saturated rings. The third-order valence-electron chi connectivity index (χ3n) is 7.04. The molecule has 0 radical (unpaired) electrons. The van der Waals surface area contributed by atoms with E-state index >= 15 is 0 Å². The Bertz CT molecular complexity index is 983. The molecule has 1 N–H and O–H groups in total. The second kappa shape index (κ2) is 6.33. The summed E-state index contributed by atoms with van der Waals surface area (Å²) in [5.74, 6) is 4.09. The molecule has 6 rings (SSSR count). The first-order chi connectivity index (χ1) is 14.1. The molecule has 0 aromatic carbocycles. The predicted octanol–water partition coefficient (Wildman–Crippen LogP) is 1.57. The molecule has 10 heteroatoms. The van der Waals surface area contributed by atoms with Crippen molar-refractivity contribution in [2.24, 2.45) is 11.8 Å². The summed E-state index contributed by atoms with van der Waals surface area (Å²) in [5.41, 5.74) is -0.309. The number of anilines is 2. The zero-order valence-corrected chi connectivity index (χ0v) is 17.3. The van der Waals surface area contributed by atoms with Gasteiger partial charge in [0.2, 0.25) is 5.95 Å². The van der Waals surface area contributed by atoms with Gasteiger partial charge < -0.3 is 14.9 Å². The summed E-state index contributed by atoms with van der Waals surface area (Å²) in [5, 5.41) is 10.5. The second-order valence-corrected chi connectivity index (χ2v) is 10.3. The van der Waals surface area contributed by atoms with Gasteiger partial charge in [-0.25, -0.2) is 15.0 Å². The Kier molecular flexibility index (Phi) is 3.92. The number of hydrogen-bond acceptors (Lipinski definition) is 8. The standard InChI is InChI=1S/C19H21ClN6O2S/c20-11-4-21-16(22-5-11)15-12-7-25(8-13(12)15)18-23-6-14-17(24-18)26(10-29(14)28)19(9-27)2-1-3-19/h4-6,12-13,15,27H,1-3,7-10H2/t12?,13?,15?,29-/m1/s1. The van der Waals surface area contributed by atoms with Crippen LogP contribution in [0.15, 0.2) is 23.5 Å². The van der Waals surface area contributed by atoms with Gasteiger partial charge in [0.25, 0.3) is 0 Å². The van der Waals surface area contributed by atoms with Gasteiger partial charge in [0.15, 0.2) is 5.82 Å². The van der Waals surface area contributed by atoms with Crippen LogP contribution in [0, 0.1) is 11.8 Å². The van der Waals surface area contributed by atoms with E-state index in [-0.39, 0.29) is 12.1 Å². The van der Waals surface area contributed by atoms with Crippen molar-refractivity contribution >= 4 is 34.2 Å². The molecular formula is C19H21ClN6O2S. The average molecular weight is 433 g/mol. The molecule has 4 heterocycles. The summed E-state index contributed by atoms with van der Waals surface area (Å²) in [6.07, 6.45) is 7.94. The number of piperidine rings is 1. The summed E-state index contributed by atoms with van der Waals surface area (Å²) >= 11 is 5.90. The molecule has 2 saturated carbocycles. The normalized spacial score (nSPS) is 31.4. The Balaban J connectivity index is 1.23. The number of aromatic nitrogens is 4.